The van der Waals surface area contributed by atoms with Crippen LogP contribution < -0.4 is 10.0 Å². The number of nitrogens with one attached hydrogen (secondary N) is 2. The summed E-state index contributed by atoms with van der Waals surface area (Å²) in [6, 6.07) is 13.0. The van der Waals surface area contributed by atoms with E-state index in [9.17, 15) is 13.2 Å². The first-order valence-corrected chi connectivity index (χ1v) is 10.0. The van der Waals surface area contributed by atoms with Gasteiger partial charge < -0.3 is 10.1 Å². The summed E-state index contributed by atoms with van der Waals surface area (Å²) >= 11 is 0. The van der Waals surface area contributed by atoms with Crippen molar-refractivity contribution in [2.75, 3.05) is 17.9 Å². The maximum absolute atomic E-state index is 12.5. The topological polar surface area (TPSA) is 84.5 Å². The molecular formula is C19H22N2O4S. The van der Waals surface area contributed by atoms with Crippen molar-refractivity contribution in [1.82, 2.24) is 5.32 Å². The molecule has 2 aromatic carbocycles. The second-order valence-corrected chi connectivity index (χ2v) is 8.03. The van der Waals surface area contributed by atoms with E-state index in [1.165, 1.54) is 6.07 Å². The van der Waals surface area contributed by atoms with E-state index in [0.29, 0.717) is 17.8 Å². The third-order valence-electron chi connectivity index (χ3n) is 4.22. The summed E-state index contributed by atoms with van der Waals surface area (Å²) in [6.45, 7) is 3.08. The van der Waals surface area contributed by atoms with Gasteiger partial charge in [-0.25, -0.2) is 8.42 Å². The zero-order chi connectivity index (χ0) is 18.6. The van der Waals surface area contributed by atoms with Gasteiger partial charge in [0, 0.05) is 24.4 Å². The molecule has 0 aliphatic carbocycles. The lowest BCUT2D eigenvalue weighted by Gasteiger charge is -2.12. The van der Waals surface area contributed by atoms with E-state index in [1.54, 1.807) is 42.5 Å². The fourth-order valence-electron chi connectivity index (χ4n) is 2.77. The summed E-state index contributed by atoms with van der Waals surface area (Å²) in [5.74, 6) is -0.253. The molecule has 1 fully saturated rings. The van der Waals surface area contributed by atoms with Gasteiger partial charge in [0.1, 0.15) is 0 Å². The Hall–Kier alpha value is -2.38. The fraction of sp³-hybridized carbons (Fsp3) is 0.316. The molecule has 1 aliphatic heterocycles. The van der Waals surface area contributed by atoms with Crippen molar-refractivity contribution in [3.05, 3.63) is 59.7 Å². The molecule has 1 atom stereocenters. The number of ether oxygens (including phenoxy) is 1. The summed E-state index contributed by atoms with van der Waals surface area (Å²) in [5.41, 5.74) is 1.72. The van der Waals surface area contributed by atoms with E-state index in [1.807, 2.05) is 6.92 Å². The number of amides is 1. The van der Waals surface area contributed by atoms with Gasteiger partial charge in [-0.05, 0) is 50.1 Å². The first-order valence-electron chi connectivity index (χ1n) is 8.53. The van der Waals surface area contributed by atoms with Crippen LogP contribution in [0, 0.1) is 6.92 Å². The SMILES string of the molecule is Cc1ccc(S(=O)(=O)Nc2cccc(C(=O)NCC3CCCO3)c2)cc1. The molecule has 1 heterocycles. The Morgan fingerprint density at radius 3 is 2.65 bits per heavy atom. The van der Waals surface area contributed by atoms with Gasteiger partial charge in [0.15, 0.2) is 0 Å². The highest BCUT2D eigenvalue weighted by molar-refractivity contribution is 7.92. The Bertz CT molecular complexity index is 873. The monoisotopic (exact) mass is 374 g/mol. The van der Waals surface area contributed by atoms with Crippen LogP contribution in [0.4, 0.5) is 5.69 Å². The van der Waals surface area contributed by atoms with Gasteiger partial charge in [-0.3, -0.25) is 9.52 Å². The van der Waals surface area contributed by atoms with Gasteiger partial charge in [0.2, 0.25) is 0 Å². The van der Waals surface area contributed by atoms with Crippen molar-refractivity contribution in [2.24, 2.45) is 0 Å². The van der Waals surface area contributed by atoms with Crippen LogP contribution in [0.5, 0.6) is 0 Å². The molecule has 1 amide bonds. The average Bonchev–Trinajstić information content (AvgIpc) is 3.13. The Morgan fingerprint density at radius 1 is 1.19 bits per heavy atom. The van der Waals surface area contributed by atoms with Crippen LogP contribution in [-0.4, -0.2) is 33.6 Å². The first kappa shape index (κ1) is 18.4. The predicted molar refractivity (Wildman–Crippen MR) is 99.7 cm³/mol. The van der Waals surface area contributed by atoms with E-state index in [0.717, 1.165) is 25.0 Å². The maximum Gasteiger partial charge on any atom is 0.261 e. The molecule has 2 aromatic rings. The fourth-order valence-corrected chi connectivity index (χ4v) is 3.82. The zero-order valence-corrected chi connectivity index (χ0v) is 15.4. The van der Waals surface area contributed by atoms with Crippen molar-refractivity contribution < 1.29 is 17.9 Å². The number of anilines is 1. The number of carbonyl (C=O) groups excluding carboxylic acids is 1. The standard InChI is InChI=1S/C19H22N2O4S/c1-14-7-9-18(10-8-14)26(23,24)21-16-5-2-4-15(12-16)19(22)20-13-17-6-3-11-25-17/h2,4-5,7-10,12,17,21H,3,6,11,13H2,1H3,(H,20,22). The smallest absolute Gasteiger partial charge is 0.261 e. The molecule has 1 aliphatic rings. The van der Waals surface area contributed by atoms with Crippen molar-refractivity contribution in [1.29, 1.82) is 0 Å². The summed E-state index contributed by atoms with van der Waals surface area (Å²) in [6.07, 6.45) is 2.01. The van der Waals surface area contributed by atoms with Crippen LogP contribution in [0.25, 0.3) is 0 Å². The highest BCUT2D eigenvalue weighted by atomic mass is 32.2. The molecule has 1 saturated heterocycles. The molecule has 26 heavy (non-hydrogen) atoms. The lowest BCUT2D eigenvalue weighted by atomic mass is 10.2. The Balaban J connectivity index is 1.68. The molecule has 2 N–H and O–H groups in total. The molecule has 6 nitrogen and oxygen atoms in total. The Labute approximate surface area is 153 Å². The normalized spacial score (nSPS) is 17.0. The van der Waals surface area contributed by atoms with Crippen LogP contribution in [0.3, 0.4) is 0 Å². The van der Waals surface area contributed by atoms with Crippen LogP contribution in [0.2, 0.25) is 0 Å². The molecule has 0 spiro atoms. The van der Waals surface area contributed by atoms with Crippen molar-refractivity contribution in [3.63, 3.8) is 0 Å². The third-order valence-corrected chi connectivity index (χ3v) is 5.62. The van der Waals surface area contributed by atoms with Gasteiger partial charge in [-0.15, -0.1) is 0 Å². The molecular weight excluding hydrogens is 352 g/mol. The largest absolute Gasteiger partial charge is 0.376 e. The molecule has 0 radical (unpaired) electrons. The van der Waals surface area contributed by atoms with Gasteiger partial charge in [-0.1, -0.05) is 23.8 Å². The zero-order valence-electron chi connectivity index (χ0n) is 14.6. The van der Waals surface area contributed by atoms with Crippen molar-refractivity contribution in [3.8, 4) is 0 Å². The molecule has 1 unspecified atom stereocenters. The molecule has 3 rings (SSSR count). The number of hydrogen-bond acceptors (Lipinski definition) is 4. The average molecular weight is 374 g/mol. The van der Waals surface area contributed by atoms with E-state index in [-0.39, 0.29) is 16.9 Å². The summed E-state index contributed by atoms with van der Waals surface area (Å²) in [5, 5.41) is 2.83. The lowest BCUT2D eigenvalue weighted by molar-refractivity contribution is 0.0858. The molecule has 0 saturated carbocycles. The number of hydrogen-bond donors (Lipinski definition) is 2. The number of rotatable bonds is 6. The summed E-state index contributed by atoms with van der Waals surface area (Å²) < 4.78 is 32.9. The van der Waals surface area contributed by atoms with Gasteiger partial charge in [-0.2, -0.15) is 0 Å². The van der Waals surface area contributed by atoms with Gasteiger partial charge in [0.05, 0.1) is 11.0 Å². The molecule has 138 valence electrons. The van der Waals surface area contributed by atoms with Crippen LogP contribution >= 0.6 is 0 Å². The van der Waals surface area contributed by atoms with E-state index >= 15 is 0 Å². The van der Waals surface area contributed by atoms with Crippen LogP contribution in [0.15, 0.2) is 53.4 Å². The molecule has 0 aromatic heterocycles. The van der Waals surface area contributed by atoms with Gasteiger partial charge >= 0.3 is 0 Å². The molecule has 0 bridgehead atoms. The predicted octanol–water partition coefficient (Wildman–Crippen LogP) is 2.70. The Kier molecular flexibility index (Phi) is 5.58. The number of sulfonamides is 1. The van der Waals surface area contributed by atoms with E-state index in [2.05, 4.69) is 10.0 Å². The van der Waals surface area contributed by atoms with Gasteiger partial charge in [0.25, 0.3) is 15.9 Å². The van der Waals surface area contributed by atoms with Crippen LogP contribution in [0.1, 0.15) is 28.8 Å². The second-order valence-electron chi connectivity index (χ2n) is 6.34. The minimum absolute atomic E-state index is 0.0576. The lowest BCUT2D eigenvalue weighted by Crippen LogP contribution is -2.31. The van der Waals surface area contributed by atoms with Crippen molar-refractivity contribution in [2.45, 2.75) is 30.8 Å². The number of carbonyl (C=O) groups is 1. The van der Waals surface area contributed by atoms with E-state index in [4.69, 9.17) is 4.74 Å². The summed E-state index contributed by atoms with van der Waals surface area (Å²) in [7, 11) is -3.70. The maximum atomic E-state index is 12.5. The minimum Gasteiger partial charge on any atom is -0.376 e. The first-order chi connectivity index (χ1) is 12.4. The Morgan fingerprint density at radius 2 is 1.96 bits per heavy atom. The van der Waals surface area contributed by atoms with E-state index < -0.39 is 10.0 Å². The third kappa shape index (κ3) is 4.62. The molecule has 7 heteroatoms. The van der Waals surface area contributed by atoms with Crippen LogP contribution in [-0.2, 0) is 14.8 Å². The second kappa shape index (κ2) is 7.88. The summed E-state index contributed by atoms with van der Waals surface area (Å²) in [4.78, 5) is 12.5. The highest BCUT2D eigenvalue weighted by Crippen LogP contribution is 2.18. The quantitative estimate of drug-likeness (QED) is 0.814. The highest BCUT2D eigenvalue weighted by Gasteiger charge is 2.18. The minimum atomic E-state index is -3.70. The number of aryl methyl sites for hydroxylation is 1. The van der Waals surface area contributed by atoms with Crippen molar-refractivity contribution >= 4 is 21.6 Å². The number of benzene rings is 2.